The summed E-state index contributed by atoms with van der Waals surface area (Å²) >= 11 is 0. The Morgan fingerprint density at radius 2 is 1.46 bits per heavy atom. The van der Waals surface area contributed by atoms with Crippen molar-refractivity contribution in [1.82, 2.24) is 0 Å². The van der Waals surface area contributed by atoms with E-state index in [0.29, 0.717) is 11.0 Å². The highest BCUT2D eigenvalue weighted by molar-refractivity contribution is 7.47. The predicted octanol–water partition coefficient (Wildman–Crippen LogP) is 5.65. The van der Waals surface area contributed by atoms with Gasteiger partial charge >= 0.3 is 13.8 Å². The zero-order chi connectivity index (χ0) is 27.8. The second-order valence-corrected chi connectivity index (χ2v) is 11.1. The van der Waals surface area contributed by atoms with Gasteiger partial charge in [0.1, 0.15) is 25.9 Å². The maximum absolute atomic E-state index is 12.0. The largest absolute Gasteiger partial charge is 0.472 e. The smallest absolute Gasteiger partial charge is 0.460 e. The molecule has 0 saturated heterocycles. The number of phosphoric acid groups is 1. The maximum atomic E-state index is 12.0. The highest BCUT2D eigenvalue weighted by Crippen LogP contribution is 2.44. The molecule has 0 saturated carbocycles. The first-order chi connectivity index (χ1) is 17.6. The third-order valence-corrected chi connectivity index (χ3v) is 6.11. The number of aliphatic hydroxyl groups excluding tert-OH is 1. The molecule has 0 heterocycles. The predicted molar refractivity (Wildman–Crippen MR) is 150 cm³/mol. The average molecular weight is 543 g/mol. The molecule has 0 radical (unpaired) electrons. The first-order valence-electron chi connectivity index (χ1n) is 13.2. The number of esters is 1. The van der Waals surface area contributed by atoms with Crippen molar-refractivity contribution < 1.29 is 37.6 Å². The van der Waals surface area contributed by atoms with Crippen molar-refractivity contribution in [2.24, 2.45) is 0 Å². The van der Waals surface area contributed by atoms with Gasteiger partial charge < -0.3 is 19.2 Å². The Bertz CT molecular complexity index is 782. The molecule has 0 fully saturated rings. The van der Waals surface area contributed by atoms with Gasteiger partial charge in [-0.25, -0.2) is 9.36 Å². The van der Waals surface area contributed by atoms with Gasteiger partial charge in [-0.05, 0) is 12.8 Å². The number of ether oxygens (including phenoxy) is 1. The lowest BCUT2D eigenvalue weighted by molar-refractivity contribution is -0.870. The number of quaternary nitrogens is 1. The number of carbonyl (C=O) groups is 1. The third kappa shape index (κ3) is 25.6. The second kappa shape index (κ2) is 22.2. The molecule has 2 atom stereocenters. The maximum Gasteiger partial charge on any atom is 0.472 e. The van der Waals surface area contributed by atoms with E-state index in [1.54, 1.807) is 12.2 Å². The third-order valence-electron chi connectivity index (χ3n) is 5.03. The van der Waals surface area contributed by atoms with Crippen LogP contribution in [0.4, 0.5) is 0 Å². The molecule has 0 aromatic rings. The number of nitrogens with zero attached hydrogens (tertiary/aromatic N) is 1. The summed E-state index contributed by atoms with van der Waals surface area (Å²) < 4.78 is 27.3. The van der Waals surface area contributed by atoms with Crippen molar-refractivity contribution in [3.8, 4) is 0 Å². The lowest BCUT2D eigenvalue weighted by Gasteiger charge is -2.24. The normalized spacial score (nSPS) is 15.5. The van der Waals surface area contributed by atoms with Crippen molar-refractivity contribution in [2.45, 2.75) is 64.4 Å². The minimum atomic E-state index is -4.37. The van der Waals surface area contributed by atoms with Crippen molar-refractivity contribution in [3.63, 3.8) is 0 Å². The van der Waals surface area contributed by atoms with Gasteiger partial charge in [-0.2, -0.15) is 0 Å². The molecule has 0 aromatic heterocycles. The first-order valence-corrected chi connectivity index (χ1v) is 14.7. The Hall–Kier alpha value is -1.80. The fraction of sp³-hybridized carbons (Fsp3) is 0.607. The molecule has 0 aliphatic rings. The Morgan fingerprint density at radius 1 is 0.892 bits per heavy atom. The van der Waals surface area contributed by atoms with Crippen LogP contribution in [0.25, 0.3) is 0 Å². The molecule has 37 heavy (non-hydrogen) atoms. The summed E-state index contributed by atoms with van der Waals surface area (Å²) in [6.07, 6.45) is 27.2. The van der Waals surface area contributed by atoms with Gasteiger partial charge in [-0.1, -0.05) is 100 Å². The molecular formula is C28H49NO7P+. The zero-order valence-electron chi connectivity index (χ0n) is 23.2. The van der Waals surface area contributed by atoms with Crippen molar-refractivity contribution in [2.75, 3.05) is 47.5 Å². The molecule has 1 unspecified atom stereocenters. The summed E-state index contributed by atoms with van der Waals surface area (Å²) in [4.78, 5) is 21.5. The van der Waals surface area contributed by atoms with Crippen LogP contribution >= 0.6 is 7.82 Å². The number of hydrogen-bond acceptors (Lipinski definition) is 6. The SMILES string of the molecule is CCCCCCCCCC=CC=CC=CC=CC=CC(=O)OC[C@H](CO)OP(=O)(O)OCC[N+](C)(C)C. The van der Waals surface area contributed by atoms with Gasteiger partial charge in [-0.3, -0.25) is 9.05 Å². The second-order valence-electron chi connectivity index (χ2n) is 9.71. The zero-order valence-corrected chi connectivity index (χ0v) is 24.1. The topological polar surface area (TPSA) is 102 Å². The van der Waals surface area contributed by atoms with E-state index < -0.39 is 26.5 Å². The van der Waals surface area contributed by atoms with Crippen molar-refractivity contribution in [3.05, 3.63) is 60.8 Å². The van der Waals surface area contributed by atoms with Crippen LogP contribution in [0, 0.1) is 0 Å². The van der Waals surface area contributed by atoms with E-state index in [1.807, 2.05) is 45.4 Å². The van der Waals surface area contributed by atoms with E-state index in [-0.39, 0.29) is 13.2 Å². The van der Waals surface area contributed by atoms with Crippen LogP contribution in [0.1, 0.15) is 58.3 Å². The van der Waals surface area contributed by atoms with E-state index in [0.717, 1.165) is 6.42 Å². The lowest BCUT2D eigenvalue weighted by Crippen LogP contribution is -2.37. The molecule has 0 spiro atoms. The molecule has 8 nitrogen and oxygen atoms in total. The summed E-state index contributed by atoms with van der Waals surface area (Å²) in [7, 11) is 1.36. The lowest BCUT2D eigenvalue weighted by atomic mass is 10.1. The van der Waals surface area contributed by atoms with Crippen molar-refractivity contribution >= 4 is 13.8 Å². The summed E-state index contributed by atoms with van der Waals surface area (Å²) in [6.45, 7) is 1.75. The molecule has 0 rings (SSSR count). The van der Waals surface area contributed by atoms with Crippen LogP contribution in [0.3, 0.4) is 0 Å². The number of phosphoric ester groups is 1. The minimum Gasteiger partial charge on any atom is -0.460 e. The van der Waals surface area contributed by atoms with Gasteiger partial charge in [-0.15, -0.1) is 0 Å². The quantitative estimate of drug-likeness (QED) is 0.0455. The molecule has 9 heteroatoms. The summed E-state index contributed by atoms with van der Waals surface area (Å²) in [5.41, 5.74) is 0. The number of unbranched alkanes of at least 4 members (excludes halogenated alkanes) is 7. The number of aliphatic hydroxyl groups is 1. The van der Waals surface area contributed by atoms with Gasteiger partial charge in [0, 0.05) is 6.08 Å². The number of hydrogen-bond donors (Lipinski definition) is 2. The monoisotopic (exact) mass is 542 g/mol. The summed E-state index contributed by atoms with van der Waals surface area (Å²) in [5.74, 6) is -0.666. The van der Waals surface area contributed by atoms with Crippen molar-refractivity contribution in [1.29, 1.82) is 0 Å². The molecule has 0 aliphatic carbocycles. The highest BCUT2D eigenvalue weighted by Gasteiger charge is 2.28. The van der Waals surface area contributed by atoms with Gasteiger partial charge in [0.15, 0.2) is 0 Å². The number of allylic oxidation sites excluding steroid dienone is 9. The number of likely N-dealkylation sites (N-methyl/N-ethyl adjacent to an activating group) is 1. The first kappa shape index (κ1) is 35.2. The van der Waals surface area contributed by atoms with E-state index in [9.17, 15) is 19.4 Å². The Kier molecular flexibility index (Phi) is 21.1. The fourth-order valence-corrected chi connectivity index (χ4v) is 3.78. The van der Waals surface area contributed by atoms with Crippen LogP contribution in [0.2, 0.25) is 0 Å². The molecule has 2 N–H and O–H groups in total. The average Bonchev–Trinajstić information content (AvgIpc) is 2.82. The standard InChI is InChI=1S/C28H48NO7P/c1-5-6-7-8-9-10-11-12-13-14-15-16-17-18-19-20-21-22-28(31)34-26-27(25-30)36-37(32,33)35-24-23-29(2,3)4/h13-22,27,30H,5-12,23-26H2,1-4H3/p+1/t27-/m0/s1. The van der Waals surface area contributed by atoms with Crippen LogP contribution < -0.4 is 0 Å². The van der Waals surface area contributed by atoms with Crippen LogP contribution in [-0.2, 0) is 23.1 Å². The highest BCUT2D eigenvalue weighted by atomic mass is 31.2. The number of rotatable bonds is 22. The van der Waals surface area contributed by atoms with E-state index >= 15 is 0 Å². The van der Waals surface area contributed by atoms with E-state index in [1.165, 1.54) is 57.1 Å². The van der Waals surface area contributed by atoms with Gasteiger partial charge in [0.05, 0.1) is 27.7 Å². The molecule has 0 aromatic carbocycles. The van der Waals surface area contributed by atoms with Crippen LogP contribution in [-0.4, -0.2) is 74.1 Å². The summed E-state index contributed by atoms with van der Waals surface area (Å²) in [6, 6.07) is 0. The Labute approximate surface area is 224 Å². The number of carbonyl (C=O) groups excluding carboxylic acids is 1. The minimum absolute atomic E-state index is 0.00450. The molecule has 212 valence electrons. The van der Waals surface area contributed by atoms with Gasteiger partial charge in [0.2, 0.25) is 0 Å². The van der Waals surface area contributed by atoms with Gasteiger partial charge in [0.25, 0.3) is 0 Å². The Morgan fingerprint density at radius 3 is 2.05 bits per heavy atom. The van der Waals surface area contributed by atoms with E-state index in [2.05, 4.69) is 19.1 Å². The molecule has 0 bridgehead atoms. The van der Waals surface area contributed by atoms with E-state index in [4.69, 9.17) is 13.8 Å². The molecule has 0 amide bonds. The van der Waals surface area contributed by atoms with Crippen LogP contribution in [0.5, 0.6) is 0 Å². The molecule has 0 aliphatic heterocycles. The molecular weight excluding hydrogens is 493 g/mol. The fourth-order valence-electron chi connectivity index (χ4n) is 2.90. The Balaban J connectivity index is 4.08. The van der Waals surface area contributed by atoms with Crippen LogP contribution in [0.15, 0.2) is 60.8 Å². The summed E-state index contributed by atoms with van der Waals surface area (Å²) in [5, 5.41) is 9.34.